The third kappa shape index (κ3) is 4.51. The fourth-order valence-corrected chi connectivity index (χ4v) is 3.69. The number of benzene rings is 2. The molecule has 0 spiro atoms. The average molecular weight is 405 g/mol. The number of ether oxygens (including phenoxy) is 2. The van der Waals surface area contributed by atoms with Crippen molar-refractivity contribution in [1.82, 2.24) is 10.2 Å². The Morgan fingerprint density at radius 3 is 2.50 bits per heavy atom. The number of nitrogens with one attached hydrogen (secondary N) is 1. The number of likely N-dealkylation sites (tertiary alicyclic amines) is 1. The molecule has 1 aliphatic rings. The Balaban J connectivity index is 1.64. The zero-order valence-electron chi connectivity index (χ0n) is 16.1. The second kappa shape index (κ2) is 9.17. The lowest BCUT2D eigenvalue weighted by Crippen LogP contribution is -2.44. The highest BCUT2D eigenvalue weighted by Gasteiger charge is 2.27. The molecule has 0 bridgehead atoms. The fourth-order valence-electron chi connectivity index (χ4n) is 3.50. The molecule has 6 nitrogen and oxygen atoms in total. The van der Waals surface area contributed by atoms with Crippen molar-refractivity contribution in [2.45, 2.75) is 25.4 Å². The van der Waals surface area contributed by atoms with E-state index in [1.165, 1.54) is 25.8 Å². The summed E-state index contributed by atoms with van der Waals surface area (Å²) in [5, 5.41) is 13.3. The number of halogens is 1. The van der Waals surface area contributed by atoms with Gasteiger partial charge in [-0.1, -0.05) is 41.9 Å². The Kier molecular flexibility index (Phi) is 6.65. The molecular formula is C21H25ClN2O4. The van der Waals surface area contributed by atoms with E-state index in [4.69, 9.17) is 21.1 Å². The van der Waals surface area contributed by atoms with Crippen LogP contribution in [-0.4, -0.2) is 49.3 Å². The molecule has 2 aromatic carbocycles. The molecule has 0 atom stereocenters. The number of rotatable bonds is 6. The number of piperidine rings is 1. The lowest BCUT2D eigenvalue weighted by molar-refractivity contribution is 0.0902. The molecular weight excluding hydrogens is 380 g/mol. The minimum Gasteiger partial charge on any atom is -0.505 e. The third-order valence-corrected chi connectivity index (χ3v) is 5.28. The number of amides is 1. The monoisotopic (exact) mass is 404 g/mol. The van der Waals surface area contributed by atoms with Crippen LogP contribution in [0.5, 0.6) is 17.2 Å². The molecule has 28 heavy (non-hydrogen) atoms. The van der Waals surface area contributed by atoms with Gasteiger partial charge in [-0.15, -0.1) is 0 Å². The normalized spacial score (nSPS) is 15.2. The van der Waals surface area contributed by atoms with E-state index >= 15 is 0 Å². The van der Waals surface area contributed by atoms with Gasteiger partial charge in [0.2, 0.25) is 0 Å². The van der Waals surface area contributed by atoms with E-state index in [0.29, 0.717) is 5.75 Å². The molecule has 1 aliphatic heterocycles. The van der Waals surface area contributed by atoms with E-state index in [9.17, 15) is 9.90 Å². The van der Waals surface area contributed by atoms with Crippen LogP contribution in [0.4, 0.5) is 0 Å². The quantitative estimate of drug-likeness (QED) is 0.771. The predicted octanol–water partition coefficient (Wildman–Crippen LogP) is 3.46. The molecule has 0 aromatic heterocycles. The van der Waals surface area contributed by atoms with Crippen molar-refractivity contribution < 1.29 is 19.4 Å². The Morgan fingerprint density at radius 1 is 1.21 bits per heavy atom. The van der Waals surface area contributed by atoms with Gasteiger partial charge in [-0.3, -0.25) is 9.69 Å². The zero-order chi connectivity index (χ0) is 20.1. The highest BCUT2D eigenvalue weighted by Crippen LogP contribution is 2.42. The van der Waals surface area contributed by atoms with Crippen LogP contribution in [0.15, 0.2) is 36.4 Å². The van der Waals surface area contributed by atoms with Crippen LogP contribution in [0.1, 0.15) is 28.8 Å². The molecule has 3 rings (SSSR count). The van der Waals surface area contributed by atoms with E-state index < -0.39 is 5.91 Å². The van der Waals surface area contributed by atoms with Crippen LogP contribution in [-0.2, 0) is 6.54 Å². The van der Waals surface area contributed by atoms with Crippen LogP contribution >= 0.6 is 11.6 Å². The lowest BCUT2D eigenvalue weighted by Gasteiger charge is -2.32. The Labute approximate surface area is 170 Å². The summed E-state index contributed by atoms with van der Waals surface area (Å²) in [5.41, 5.74) is 1.28. The molecule has 0 unspecified atom stereocenters. The molecule has 1 fully saturated rings. The highest BCUT2D eigenvalue weighted by atomic mass is 35.5. The minimum absolute atomic E-state index is 0.00133. The number of nitrogens with zero attached hydrogens (tertiary/aromatic N) is 1. The van der Waals surface area contributed by atoms with Crippen LogP contribution in [0, 0.1) is 0 Å². The smallest absolute Gasteiger partial charge is 0.259 e. The summed E-state index contributed by atoms with van der Waals surface area (Å²) in [6.45, 7) is 2.69. The first-order chi connectivity index (χ1) is 13.5. The number of phenolic OH excluding ortho intramolecular Hbond substituents is 1. The van der Waals surface area contributed by atoms with E-state index in [1.54, 1.807) is 0 Å². The molecule has 150 valence electrons. The molecule has 2 N–H and O–H groups in total. The van der Waals surface area contributed by atoms with Gasteiger partial charge in [-0.25, -0.2) is 0 Å². The van der Waals surface area contributed by atoms with E-state index in [-0.39, 0.29) is 28.1 Å². The summed E-state index contributed by atoms with van der Waals surface area (Å²) in [6, 6.07) is 11.8. The molecule has 2 aromatic rings. The second-order valence-corrected chi connectivity index (χ2v) is 7.23. The first kappa shape index (κ1) is 20.3. The zero-order valence-corrected chi connectivity index (χ0v) is 16.8. The first-order valence-electron chi connectivity index (χ1n) is 9.24. The topological polar surface area (TPSA) is 71.0 Å². The summed E-state index contributed by atoms with van der Waals surface area (Å²) >= 11 is 6.04. The Morgan fingerprint density at radius 2 is 1.89 bits per heavy atom. The van der Waals surface area contributed by atoms with Crippen molar-refractivity contribution in [3.63, 3.8) is 0 Å². The minimum atomic E-state index is -0.420. The van der Waals surface area contributed by atoms with E-state index in [2.05, 4.69) is 22.3 Å². The largest absolute Gasteiger partial charge is 0.505 e. The predicted molar refractivity (Wildman–Crippen MR) is 108 cm³/mol. The summed E-state index contributed by atoms with van der Waals surface area (Å²) < 4.78 is 10.5. The van der Waals surface area contributed by atoms with Crippen LogP contribution in [0.2, 0.25) is 5.02 Å². The summed E-state index contributed by atoms with van der Waals surface area (Å²) in [5.74, 6) is -0.258. The van der Waals surface area contributed by atoms with E-state index in [1.807, 2.05) is 18.2 Å². The van der Waals surface area contributed by atoms with Crippen LogP contribution in [0.3, 0.4) is 0 Å². The molecule has 7 heteroatoms. The lowest BCUT2D eigenvalue weighted by atomic mass is 10.0. The van der Waals surface area contributed by atoms with Gasteiger partial charge in [0.1, 0.15) is 5.56 Å². The maximum atomic E-state index is 12.8. The summed E-state index contributed by atoms with van der Waals surface area (Å²) in [7, 11) is 2.87. The maximum absolute atomic E-state index is 12.8. The van der Waals surface area contributed by atoms with Gasteiger partial charge >= 0.3 is 0 Å². The number of carbonyl (C=O) groups is 1. The molecule has 0 saturated carbocycles. The SMILES string of the molecule is COc1cc(Cl)c(O)c(C(=O)NC2CCN(Cc3ccccc3)CC2)c1OC. The molecule has 1 heterocycles. The second-order valence-electron chi connectivity index (χ2n) is 6.83. The Bertz CT molecular complexity index is 821. The number of phenols is 1. The van der Waals surface area contributed by atoms with Crippen LogP contribution in [0.25, 0.3) is 0 Å². The summed E-state index contributed by atoms with van der Waals surface area (Å²) in [6.07, 6.45) is 1.67. The number of hydrogen-bond donors (Lipinski definition) is 2. The van der Waals surface area contributed by atoms with Crippen molar-refractivity contribution in [3.8, 4) is 17.2 Å². The Hall–Kier alpha value is -2.44. The number of carbonyl (C=O) groups excluding carboxylic acids is 1. The number of methoxy groups -OCH3 is 2. The van der Waals surface area contributed by atoms with Crippen molar-refractivity contribution in [3.05, 3.63) is 52.5 Å². The third-order valence-electron chi connectivity index (χ3n) is 4.99. The van der Waals surface area contributed by atoms with Gasteiger partial charge in [-0.2, -0.15) is 0 Å². The standard InChI is InChI=1S/C21H25ClN2O4/c1-27-17-12-16(22)19(25)18(20(17)28-2)21(26)23-15-8-10-24(11-9-15)13-14-6-4-3-5-7-14/h3-7,12,15,25H,8-11,13H2,1-2H3,(H,23,26). The van der Waals surface area contributed by atoms with Crippen molar-refractivity contribution in [2.24, 2.45) is 0 Å². The molecule has 1 saturated heterocycles. The highest BCUT2D eigenvalue weighted by molar-refractivity contribution is 6.33. The average Bonchev–Trinajstić information content (AvgIpc) is 2.71. The molecule has 0 aliphatic carbocycles. The number of aromatic hydroxyl groups is 1. The fraction of sp³-hybridized carbons (Fsp3) is 0.381. The van der Waals surface area contributed by atoms with Gasteiger partial charge < -0.3 is 19.9 Å². The van der Waals surface area contributed by atoms with Gasteiger partial charge in [0, 0.05) is 31.7 Å². The molecule has 1 amide bonds. The summed E-state index contributed by atoms with van der Waals surface area (Å²) in [4.78, 5) is 15.2. The van der Waals surface area contributed by atoms with Gasteiger partial charge in [0.15, 0.2) is 17.2 Å². The maximum Gasteiger partial charge on any atom is 0.259 e. The number of hydrogen-bond acceptors (Lipinski definition) is 5. The van der Waals surface area contributed by atoms with Gasteiger partial charge in [0.05, 0.1) is 19.2 Å². The van der Waals surface area contributed by atoms with Gasteiger partial charge in [-0.05, 0) is 18.4 Å². The van der Waals surface area contributed by atoms with E-state index in [0.717, 1.165) is 32.5 Å². The van der Waals surface area contributed by atoms with Crippen LogP contribution < -0.4 is 14.8 Å². The van der Waals surface area contributed by atoms with Crippen molar-refractivity contribution in [1.29, 1.82) is 0 Å². The first-order valence-corrected chi connectivity index (χ1v) is 9.61. The van der Waals surface area contributed by atoms with Crippen molar-refractivity contribution in [2.75, 3.05) is 27.3 Å². The van der Waals surface area contributed by atoms with Crippen molar-refractivity contribution >= 4 is 17.5 Å². The molecule has 0 radical (unpaired) electrons. The van der Waals surface area contributed by atoms with Gasteiger partial charge in [0.25, 0.3) is 5.91 Å².